The minimum absolute atomic E-state index is 0.250. The summed E-state index contributed by atoms with van der Waals surface area (Å²) in [4.78, 5) is 10.1. The summed E-state index contributed by atoms with van der Waals surface area (Å²) in [5.41, 5.74) is 0.646. The van der Waals surface area contributed by atoms with Gasteiger partial charge >= 0.3 is 0 Å². The van der Waals surface area contributed by atoms with E-state index in [-0.39, 0.29) is 12.1 Å². The Labute approximate surface area is 77.3 Å². The summed E-state index contributed by atoms with van der Waals surface area (Å²) in [6.45, 7) is 5.32. The molecule has 0 aliphatic carbocycles. The van der Waals surface area contributed by atoms with Gasteiger partial charge in [0.05, 0.1) is 0 Å². The minimum Gasteiger partial charge on any atom is -0.298 e. The molecular formula is C9H13FOS. The zero-order chi connectivity index (χ0) is 9.82. The van der Waals surface area contributed by atoms with Gasteiger partial charge in [-0.15, -0.1) is 0 Å². The summed E-state index contributed by atoms with van der Waals surface area (Å²) >= 11 is 0.250. The van der Waals surface area contributed by atoms with E-state index in [1.807, 2.05) is 13.0 Å². The second-order valence-corrected chi connectivity index (χ2v) is 1.98. The van der Waals surface area contributed by atoms with Crippen LogP contribution < -0.4 is 0 Å². The molecule has 1 nitrogen and oxygen atoms in total. The Hall–Kier alpha value is -0.830. The first-order chi connectivity index (χ1) is 5.76. The molecule has 0 aromatic carbocycles. The fourth-order valence-corrected chi connectivity index (χ4v) is 0.463. The Morgan fingerprint density at radius 3 is 2.33 bits per heavy atom. The smallest absolute Gasteiger partial charge is 0.150 e. The lowest BCUT2D eigenvalue weighted by molar-refractivity contribution is -0.104. The molecule has 0 bridgehead atoms. The van der Waals surface area contributed by atoms with Crippen LogP contribution >= 0.6 is 12.1 Å². The molecule has 68 valence electrons. The molecule has 0 aromatic rings. The summed E-state index contributed by atoms with van der Waals surface area (Å²) in [5, 5.41) is 0. The van der Waals surface area contributed by atoms with Crippen LogP contribution in [0.3, 0.4) is 0 Å². The number of hydrogen-bond donors (Lipinski definition) is 0. The van der Waals surface area contributed by atoms with Crippen molar-refractivity contribution in [1.29, 1.82) is 0 Å². The molecule has 0 aromatic heterocycles. The van der Waals surface area contributed by atoms with E-state index in [1.165, 1.54) is 6.26 Å². The fourth-order valence-electron chi connectivity index (χ4n) is 0.463. The molecule has 0 aliphatic heterocycles. The number of carbonyl (C=O) groups excluding carboxylic acids is 1. The highest BCUT2D eigenvalue weighted by atomic mass is 32.2. The quantitative estimate of drug-likeness (QED) is 0.384. The first-order valence-electron chi connectivity index (χ1n) is 3.32. The largest absolute Gasteiger partial charge is 0.298 e. The number of halogens is 1. The van der Waals surface area contributed by atoms with Crippen molar-refractivity contribution in [2.45, 2.75) is 6.92 Å². The lowest BCUT2D eigenvalue weighted by atomic mass is 10.2. The van der Waals surface area contributed by atoms with Crippen LogP contribution in [0.5, 0.6) is 0 Å². The van der Waals surface area contributed by atoms with Crippen LogP contribution in [0.1, 0.15) is 6.92 Å². The second kappa shape index (κ2) is 12.8. The molecule has 0 saturated heterocycles. The van der Waals surface area contributed by atoms with Gasteiger partial charge in [0.15, 0.2) is 0 Å². The van der Waals surface area contributed by atoms with Crippen molar-refractivity contribution in [3.05, 3.63) is 36.5 Å². The van der Waals surface area contributed by atoms with Crippen molar-refractivity contribution in [3.63, 3.8) is 0 Å². The van der Waals surface area contributed by atoms with Gasteiger partial charge in [-0.25, -0.2) is 0 Å². The van der Waals surface area contributed by atoms with Crippen LogP contribution in [-0.4, -0.2) is 12.5 Å². The van der Waals surface area contributed by atoms with Gasteiger partial charge in [0, 0.05) is 24.0 Å². The molecule has 0 unspecified atom stereocenters. The molecule has 3 heteroatoms. The minimum atomic E-state index is 0.250. The summed E-state index contributed by atoms with van der Waals surface area (Å²) in [6.07, 6.45) is 8.96. The zero-order valence-electron chi connectivity index (χ0n) is 7.29. The summed E-state index contributed by atoms with van der Waals surface area (Å²) in [7, 11) is 0. The third-order valence-corrected chi connectivity index (χ3v) is 0.806. The normalized spacial score (nSPS) is 10.4. The molecule has 0 N–H and O–H groups in total. The third-order valence-electron chi connectivity index (χ3n) is 0.806. The van der Waals surface area contributed by atoms with Crippen LogP contribution in [0.4, 0.5) is 3.89 Å². The van der Waals surface area contributed by atoms with Gasteiger partial charge in [0.25, 0.3) is 0 Å². The van der Waals surface area contributed by atoms with Gasteiger partial charge in [0.2, 0.25) is 0 Å². The zero-order valence-corrected chi connectivity index (χ0v) is 8.10. The second-order valence-electron chi connectivity index (χ2n) is 1.67. The van der Waals surface area contributed by atoms with Gasteiger partial charge in [-0.1, -0.05) is 30.9 Å². The van der Waals surface area contributed by atoms with E-state index >= 15 is 0 Å². The van der Waals surface area contributed by atoms with Crippen LogP contribution in [0.2, 0.25) is 0 Å². The predicted molar refractivity (Wildman–Crippen MR) is 53.8 cm³/mol. The molecule has 0 spiro atoms. The van der Waals surface area contributed by atoms with Crippen LogP contribution in [-0.2, 0) is 4.79 Å². The molecule has 0 rings (SSSR count). The Bertz CT molecular complexity index is 173. The molecule has 12 heavy (non-hydrogen) atoms. The molecular weight excluding hydrogens is 175 g/mol. The van der Waals surface area contributed by atoms with Crippen molar-refractivity contribution >= 4 is 18.4 Å². The average molecular weight is 188 g/mol. The molecule has 0 amide bonds. The monoisotopic (exact) mass is 188 g/mol. The molecule has 0 saturated carbocycles. The van der Waals surface area contributed by atoms with Gasteiger partial charge in [-0.3, -0.25) is 4.79 Å². The summed E-state index contributed by atoms with van der Waals surface area (Å²) in [5.74, 6) is 0. The van der Waals surface area contributed by atoms with E-state index in [4.69, 9.17) is 0 Å². The Balaban J connectivity index is 0. The molecule has 0 radical (unpaired) electrons. The van der Waals surface area contributed by atoms with E-state index in [9.17, 15) is 8.68 Å². The van der Waals surface area contributed by atoms with E-state index in [1.54, 1.807) is 18.2 Å². The lowest BCUT2D eigenvalue weighted by Crippen LogP contribution is -1.75. The van der Waals surface area contributed by atoms with Crippen LogP contribution in [0, 0.1) is 0 Å². The molecule has 0 aliphatic rings. The summed E-state index contributed by atoms with van der Waals surface area (Å²) in [6, 6.07) is 0. The Morgan fingerprint density at radius 2 is 2.08 bits per heavy atom. The van der Waals surface area contributed by atoms with Crippen molar-refractivity contribution in [2.24, 2.45) is 0 Å². The number of hydrogen-bond acceptors (Lipinski definition) is 2. The highest BCUT2D eigenvalue weighted by Gasteiger charge is 1.80. The standard InChI is InChI=1S/C8H10O.CH3FS/c1-3-5-8(7-9)6-4-2;1-3-2/h3-7H,1H2,2H3;1H3/b6-4-,8-5+;. The van der Waals surface area contributed by atoms with Crippen molar-refractivity contribution in [3.8, 4) is 0 Å². The van der Waals surface area contributed by atoms with Gasteiger partial charge < -0.3 is 0 Å². The van der Waals surface area contributed by atoms with Crippen molar-refractivity contribution in [1.82, 2.24) is 0 Å². The van der Waals surface area contributed by atoms with Crippen molar-refractivity contribution in [2.75, 3.05) is 6.26 Å². The first-order valence-corrected chi connectivity index (χ1v) is 4.44. The molecule has 0 fully saturated rings. The predicted octanol–water partition coefficient (Wildman–Crippen LogP) is 3.11. The maximum absolute atomic E-state index is 10.2. The topological polar surface area (TPSA) is 17.1 Å². The maximum Gasteiger partial charge on any atom is 0.150 e. The van der Waals surface area contributed by atoms with Gasteiger partial charge in [-0.2, -0.15) is 3.89 Å². The Kier molecular flexibility index (Phi) is 14.7. The Morgan fingerprint density at radius 1 is 1.58 bits per heavy atom. The van der Waals surface area contributed by atoms with Crippen LogP contribution in [0.25, 0.3) is 0 Å². The van der Waals surface area contributed by atoms with Gasteiger partial charge in [0.1, 0.15) is 6.29 Å². The number of carbonyl (C=O) groups is 1. The maximum atomic E-state index is 10.2. The first kappa shape index (κ1) is 13.7. The number of rotatable bonds is 3. The fraction of sp³-hybridized carbons (Fsp3) is 0.222. The molecule has 0 atom stereocenters. The molecule has 0 heterocycles. The van der Waals surface area contributed by atoms with Gasteiger partial charge in [-0.05, 0) is 6.92 Å². The highest BCUT2D eigenvalue weighted by Crippen LogP contribution is 1.91. The highest BCUT2D eigenvalue weighted by molar-refractivity contribution is 7.93. The van der Waals surface area contributed by atoms with E-state index < -0.39 is 0 Å². The van der Waals surface area contributed by atoms with E-state index in [2.05, 4.69) is 6.58 Å². The van der Waals surface area contributed by atoms with E-state index in [0.717, 1.165) is 6.29 Å². The number of allylic oxidation sites excluding steroid dienone is 5. The lowest BCUT2D eigenvalue weighted by Gasteiger charge is -1.81. The third kappa shape index (κ3) is 11.9. The SMILES string of the molecule is C=C/C=C(C=O)\C=C/C.CSF. The van der Waals surface area contributed by atoms with E-state index in [0.29, 0.717) is 5.57 Å². The number of aldehydes is 1. The van der Waals surface area contributed by atoms with Crippen LogP contribution in [0.15, 0.2) is 36.5 Å². The summed E-state index contributed by atoms with van der Waals surface area (Å²) < 4.78 is 10.2. The average Bonchev–Trinajstić information content (AvgIpc) is 2.05. The van der Waals surface area contributed by atoms with Crippen molar-refractivity contribution < 1.29 is 8.68 Å².